The van der Waals surface area contributed by atoms with E-state index >= 15 is 0 Å². The average molecular weight is 212 g/mol. The summed E-state index contributed by atoms with van der Waals surface area (Å²) in [6, 6.07) is 5.37. The molecule has 0 spiro atoms. The van der Waals surface area contributed by atoms with Gasteiger partial charge in [0.2, 0.25) is 0 Å². The zero-order chi connectivity index (χ0) is 9.97. The average Bonchev–Trinajstić information content (AvgIpc) is 2.61. The van der Waals surface area contributed by atoms with E-state index in [9.17, 15) is 4.79 Å². The normalized spacial score (nSPS) is 10.4. The Morgan fingerprint density at radius 1 is 1.57 bits per heavy atom. The fraction of sp³-hybridized carbons (Fsp3) is 0.111. The number of ether oxygens (including phenoxy) is 1. The van der Waals surface area contributed by atoms with Crippen LogP contribution in [0, 0.1) is 0 Å². The van der Waals surface area contributed by atoms with Gasteiger partial charge in [0.1, 0.15) is 6.61 Å². The molecule has 0 unspecified atom stereocenters. The van der Waals surface area contributed by atoms with Crippen molar-refractivity contribution in [2.24, 2.45) is 0 Å². The summed E-state index contributed by atoms with van der Waals surface area (Å²) in [4.78, 5) is 10.3. The summed E-state index contributed by atoms with van der Waals surface area (Å²) in [7, 11) is 0. The highest BCUT2D eigenvalue weighted by Crippen LogP contribution is 2.15. The van der Waals surface area contributed by atoms with Gasteiger partial charge in [0, 0.05) is 17.0 Å². The van der Waals surface area contributed by atoms with Crippen molar-refractivity contribution in [2.45, 2.75) is 6.61 Å². The zero-order valence-corrected chi connectivity index (χ0v) is 7.82. The third kappa shape index (κ3) is 1.85. The zero-order valence-electron chi connectivity index (χ0n) is 7.07. The van der Waals surface area contributed by atoms with Gasteiger partial charge in [-0.05, 0) is 17.7 Å². The van der Waals surface area contributed by atoms with Crippen molar-refractivity contribution >= 4 is 28.0 Å². The molecule has 0 radical (unpaired) electrons. The molecule has 14 heavy (non-hydrogen) atoms. The topological polar surface area (TPSA) is 52.3 Å². The standard InChI is InChI=1S/C9H6ClNO3/c10-9(12)13-5-6-1-2-8-7(3-6)4-11-14-8/h1-4H,5H2. The van der Waals surface area contributed by atoms with Crippen LogP contribution in [0.25, 0.3) is 11.0 Å². The van der Waals surface area contributed by atoms with Crippen LogP contribution in [0.15, 0.2) is 28.9 Å². The highest BCUT2D eigenvalue weighted by molar-refractivity contribution is 6.61. The van der Waals surface area contributed by atoms with Crippen LogP contribution >= 0.6 is 11.6 Å². The number of carbonyl (C=O) groups is 1. The molecule has 0 aliphatic rings. The Morgan fingerprint density at radius 3 is 3.21 bits per heavy atom. The van der Waals surface area contributed by atoms with Crippen molar-refractivity contribution in [3.63, 3.8) is 0 Å². The first kappa shape index (κ1) is 9.02. The quantitative estimate of drug-likeness (QED) is 0.717. The van der Waals surface area contributed by atoms with E-state index in [2.05, 4.69) is 9.89 Å². The third-order valence-electron chi connectivity index (χ3n) is 1.77. The molecule has 4 nitrogen and oxygen atoms in total. The lowest BCUT2D eigenvalue weighted by atomic mass is 10.2. The number of rotatable bonds is 2. The molecule has 0 amide bonds. The predicted molar refractivity (Wildman–Crippen MR) is 50.0 cm³/mol. The molecule has 0 aliphatic heterocycles. The number of hydrogen-bond acceptors (Lipinski definition) is 4. The second-order valence-corrected chi connectivity index (χ2v) is 3.03. The minimum Gasteiger partial charge on any atom is -0.449 e. The summed E-state index contributed by atoms with van der Waals surface area (Å²) in [6.45, 7) is 0.156. The van der Waals surface area contributed by atoms with Crippen molar-refractivity contribution in [1.29, 1.82) is 0 Å². The fourth-order valence-corrected chi connectivity index (χ4v) is 1.21. The number of nitrogens with zero attached hydrogens (tertiary/aromatic N) is 1. The van der Waals surface area contributed by atoms with Gasteiger partial charge in [-0.2, -0.15) is 0 Å². The number of fused-ring (bicyclic) bond motifs is 1. The van der Waals surface area contributed by atoms with Gasteiger partial charge in [0.15, 0.2) is 5.58 Å². The first-order valence-corrected chi connectivity index (χ1v) is 4.29. The minimum absolute atomic E-state index is 0.156. The summed E-state index contributed by atoms with van der Waals surface area (Å²) >= 11 is 5.03. The minimum atomic E-state index is -0.810. The molecular weight excluding hydrogens is 206 g/mol. The molecule has 1 aromatic heterocycles. The molecule has 0 saturated carbocycles. The lowest BCUT2D eigenvalue weighted by molar-refractivity contribution is 0.167. The molecule has 0 saturated heterocycles. The number of benzene rings is 1. The summed E-state index contributed by atoms with van der Waals surface area (Å²) in [5.41, 5.74) is 0.732. The Bertz CT molecular complexity index is 466. The maximum Gasteiger partial charge on any atom is 0.404 e. The van der Waals surface area contributed by atoms with Crippen LogP contribution in [0.1, 0.15) is 5.56 Å². The van der Waals surface area contributed by atoms with E-state index in [1.165, 1.54) is 0 Å². The number of hydrogen-bond donors (Lipinski definition) is 0. The van der Waals surface area contributed by atoms with Gasteiger partial charge in [-0.3, -0.25) is 0 Å². The molecule has 0 N–H and O–H groups in total. The highest BCUT2D eigenvalue weighted by atomic mass is 35.5. The van der Waals surface area contributed by atoms with Gasteiger partial charge in [-0.15, -0.1) is 0 Å². The molecule has 0 aliphatic carbocycles. The Kier molecular flexibility index (Phi) is 2.37. The van der Waals surface area contributed by atoms with E-state index in [1.807, 2.05) is 6.07 Å². The molecule has 0 fully saturated rings. The molecule has 72 valence electrons. The van der Waals surface area contributed by atoms with Crippen molar-refractivity contribution in [3.8, 4) is 0 Å². The van der Waals surface area contributed by atoms with Gasteiger partial charge in [-0.25, -0.2) is 4.79 Å². The maximum atomic E-state index is 10.3. The largest absolute Gasteiger partial charge is 0.449 e. The Balaban J connectivity index is 2.21. The van der Waals surface area contributed by atoms with Crippen LogP contribution in [0.5, 0.6) is 0 Å². The Morgan fingerprint density at radius 2 is 2.43 bits per heavy atom. The molecule has 2 rings (SSSR count). The highest BCUT2D eigenvalue weighted by Gasteiger charge is 2.02. The van der Waals surface area contributed by atoms with Crippen LogP contribution in [0.4, 0.5) is 4.79 Å². The third-order valence-corrected chi connectivity index (χ3v) is 1.88. The SMILES string of the molecule is O=C(Cl)OCc1ccc2oncc2c1. The monoisotopic (exact) mass is 211 g/mol. The molecule has 2 aromatic rings. The molecule has 0 atom stereocenters. The van der Waals surface area contributed by atoms with Crippen molar-refractivity contribution in [2.75, 3.05) is 0 Å². The summed E-state index contributed by atoms with van der Waals surface area (Å²) in [5, 5.41) is 4.50. The van der Waals surface area contributed by atoms with Crippen molar-refractivity contribution in [3.05, 3.63) is 30.0 Å². The lowest BCUT2D eigenvalue weighted by Crippen LogP contribution is -1.94. The van der Waals surface area contributed by atoms with Crippen LogP contribution < -0.4 is 0 Å². The number of halogens is 1. The van der Waals surface area contributed by atoms with E-state index < -0.39 is 5.43 Å². The van der Waals surface area contributed by atoms with E-state index in [0.29, 0.717) is 5.58 Å². The molecule has 1 heterocycles. The van der Waals surface area contributed by atoms with Crippen LogP contribution in [0.2, 0.25) is 0 Å². The van der Waals surface area contributed by atoms with Gasteiger partial charge >= 0.3 is 5.43 Å². The predicted octanol–water partition coefficient (Wildman–Crippen LogP) is 2.70. The second kappa shape index (κ2) is 3.67. The van der Waals surface area contributed by atoms with Gasteiger partial charge in [0.05, 0.1) is 6.20 Å². The van der Waals surface area contributed by atoms with Crippen LogP contribution in [-0.4, -0.2) is 10.6 Å². The smallest absolute Gasteiger partial charge is 0.404 e. The first-order chi connectivity index (χ1) is 6.75. The Labute approximate surface area is 84.4 Å². The Hall–Kier alpha value is -1.55. The van der Waals surface area contributed by atoms with Gasteiger partial charge in [-0.1, -0.05) is 11.2 Å². The first-order valence-electron chi connectivity index (χ1n) is 3.91. The lowest BCUT2D eigenvalue weighted by Gasteiger charge is -1.99. The van der Waals surface area contributed by atoms with Crippen LogP contribution in [0.3, 0.4) is 0 Å². The van der Waals surface area contributed by atoms with E-state index in [1.54, 1.807) is 18.3 Å². The summed E-state index contributed by atoms with van der Waals surface area (Å²) < 4.78 is 9.54. The maximum absolute atomic E-state index is 10.3. The van der Waals surface area contributed by atoms with Gasteiger partial charge in [0.25, 0.3) is 0 Å². The van der Waals surface area contributed by atoms with E-state index in [4.69, 9.17) is 16.1 Å². The fourth-order valence-electron chi connectivity index (χ4n) is 1.15. The molecule has 5 heteroatoms. The van der Waals surface area contributed by atoms with E-state index in [0.717, 1.165) is 10.9 Å². The summed E-state index contributed by atoms with van der Waals surface area (Å²) in [5.74, 6) is 0. The van der Waals surface area contributed by atoms with Crippen molar-refractivity contribution < 1.29 is 14.1 Å². The van der Waals surface area contributed by atoms with Crippen LogP contribution in [-0.2, 0) is 11.3 Å². The van der Waals surface area contributed by atoms with Gasteiger partial charge < -0.3 is 9.26 Å². The van der Waals surface area contributed by atoms with Crippen molar-refractivity contribution in [1.82, 2.24) is 5.16 Å². The summed E-state index contributed by atoms with van der Waals surface area (Å²) in [6.07, 6.45) is 1.60. The molecular formula is C9H6ClNO3. The second-order valence-electron chi connectivity index (χ2n) is 2.72. The molecule has 1 aromatic carbocycles. The number of carbonyl (C=O) groups excluding carboxylic acids is 1. The molecule has 0 bridgehead atoms. The number of aromatic nitrogens is 1. The van der Waals surface area contributed by atoms with E-state index in [-0.39, 0.29) is 6.61 Å².